The van der Waals surface area contributed by atoms with Crippen LogP contribution >= 0.6 is 47.2 Å². The molecule has 2 aromatic carbocycles. The van der Waals surface area contributed by atoms with Crippen LogP contribution in [0.25, 0.3) is 5.69 Å². The van der Waals surface area contributed by atoms with Gasteiger partial charge in [-0.25, -0.2) is 0 Å². The van der Waals surface area contributed by atoms with Gasteiger partial charge in [-0.2, -0.15) is 5.10 Å². The lowest BCUT2D eigenvalue weighted by Crippen LogP contribution is -2.01. The van der Waals surface area contributed by atoms with Gasteiger partial charge in [-0.15, -0.1) is 11.8 Å². The standard InChI is InChI=1S/C17H15Cl2N3S2/c1-11-4-2-3-5-12(11)9-24-10-16-20-21-17(23)22(16)15-7-6-13(18)8-14(15)19/h2-8H,9-10H2,1H3,(H,21,23). The summed E-state index contributed by atoms with van der Waals surface area (Å²) in [4.78, 5) is 0. The predicted molar refractivity (Wildman–Crippen MR) is 105 cm³/mol. The van der Waals surface area contributed by atoms with E-state index in [1.807, 2.05) is 10.6 Å². The molecule has 0 amide bonds. The summed E-state index contributed by atoms with van der Waals surface area (Å²) in [6, 6.07) is 13.7. The fourth-order valence-corrected chi connectivity index (χ4v) is 4.13. The second-order valence-electron chi connectivity index (χ2n) is 5.30. The Hall–Kier alpha value is -1.27. The van der Waals surface area contributed by atoms with Crippen LogP contribution in [0.1, 0.15) is 17.0 Å². The van der Waals surface area contributed by atoms with Gasteiger partial charge < -0.3 is 0 Å². The topological polar surface area (TPSA) is 33.6 Å². The summed E-state index contributed by atoms with van der Waals surface area (Å²) in [5.41, 5.74) is 3.41. The van der Waals surface area contributed by atoms with Crippen molar-refractivity contribution in [3.63, 3.8) is 0 Å². The highest BCUT2D eigenvalue weighted by atomic mass is 35.5. The molecule has 0 unspecified atom stereocenters. The third-order valence-electron chi connectivity index (χ3n) is 3.64. The molecule has 0 fully saturated rings. The zero-order valence-electron chi connectivity index (χ0n) is 12.9. The van der Waals surface area contributed by atoms with Crippen LogP contribution in [0.5, 0.6) is 0 Å². The molecule has 124 valence electrons. The predicted octanol–water partition coefficient (Wildman–Crippen LogP) is 5.98. The number of rotatable bonds is 5. The molecule has 1 aromatic heterocycles. The first-order valence-electron chi connectivity index (χ1n) is 7.30. The average Bonchev–Trinajstić information content (AvgIpc) is 2.90. The van der Waals surface area contributed by atoms with Gasteiger partial charge in [-0.1, -0.05) is 47.5 Å². The minimum absolute atomic E-state index is 0.519. The van der Waals surface area contributed by atoms with Gasteiger partial charge in [0.25, 0.3) is 0 Å². The Morgan fingerprint density at radius 2 is 1.96 bits per heavy atom. The van der Waals surface area contributed by atoms with E-state index in [1.54, 1.807) is 23.9 Å². The first-order valence-corrected chi connectivity index (χ1v) is 9.62. The fraction of sp³-hybridized carbons (Fsp3) is 0.176. The van der Waals surface area contributed by atoms with Crippen LogP contribution in [-0.2, 0) is 11.5 Å². The van der Waals surface area contributed by atoms with Crippen LogP contribution in [0.4, 0.5) is 0 Å². The van der Waals surface area contributed by atoms with Crippen LogP contribution in [0.15, 0.2) is 42.5 Å². The number of aromatic nitrogens is 3. The van der Waals surface area contributed by atoms with Gasteiger partial charge in [0, 0.05) is 10.8 Å². The third kappa shape index (κ3) is 3.86. The van der Waals surface area contributed by atoms with Gasteiger partial charge in [0.15, 0.2) is 4.77 Å². The molecule has 0 bridgehead atoms. The number of nitrogens with zero attached hydrogens (tertiary/aromatic N) is 2. The molecule has 1 heterocycles. The van der Waals surface area contributed by atoms with Crippen molar-refractivity contribution >= 4 is 47.2 Å². The van der Waals surface area contributed by atoms with E-state index in [0.717, 1.165) is 23.0 Å². The molecule has 0 aliphatic carbocycles. The lowest BCUT2D eigenvalue weighted by molar-refractivity contribution is 0.949. The number of benzene rings is 2. The third-order valence-corrected chi connectivity index (χ3v) is 5.43. The molecule has 3 rings (SSSR count). The Morgan fingerprint density at radius 3 is 2.71 bits per heavy atom. The number of H-pyrrole nitrogens is 1. The molecular formula is C17H15Cl2N3S2. The number of thioether (sulfide) groups is 1. The molecule has 0 saturated carbocycles. The van der Waals surface area contributed by atoms with Gasteiger partial charge >= 0.3 is 0 Å². The second kappa shape index (κ2) is 7.74. The van der Waals surface area contributed by atoms with Crippen LogP contribution in [-0.4, -0.2) is 14.8 Å². The van der Waals surface area contributed by atoms with Gasteiger partial charge in [0.2, 0.25) is 0 Å². The van der Waals surface area contributed by atoms with Crippen molar-refractivity contribution in [2.75, 3.05) is 0 Å². The molecule has 3 aromatic rings. The molecule has 0 saturated heterocycles. The molecule has 7 heteroatoms. The summed E-state index contributed by atoms with van der Waals surface area (Å²) in [6.07, 6.45) is 0. The van der Waals surface area contributed by atoms with Crippen LogP contribution in [0, 0.1) is 11.7 Å². The highest BCUT2D eigenvalue weighted by Crippen LogP contribution is 2.27. The van der Waals surface area contributed by atoms with E-state index in [4.69, 9.17) is 35.4 Å². The molecular weight excluding hydrogens is 381 g/mol. The first kappa shape index (κ1) is 17.5. The molecule has 1 N–H and O–H groups in total. The molecule has 3 nitrogen and oxygen atoms in total. The normalized spacial score (nSPS) is 11.0. The maximum atomic E-state index is 6.32. The number of hydrogen-bond donors (Lipinski definition) is 1. The minimum Gasteiger partial charge on any atom is -0.270 e. The number of nitrogens with one attached hydrogen (secondary N) is 1. The smallest absolute Gasteiger partial charge is 0.199 e. The summed E-state index contributed by atoms with van der Waals surface area (Å²) >= 11 is 19.4. The first-order chi connectivity index (χ1) is 11.6. The van der Waals surface area contributed by atoms with E-state index in [9.17, 15) is 0 Å². The summed E-state index contributed by atoms with van der Waals surface area (Å²) in [5.74, 6) is 2.48. The van der Waals surface area contributed by atoms with Crippen molar-refractivity contribution in [3.05, 3.63) is 74.2 Å². The summed E-state index contributed by atoms with van der Waals surface area (Å²) < 4.78 is 2.38. The van der Waals surface area contributed by atoms with Crippen molar-refractivity contribution in [2.45, 2.75) is 18.4 Å². The van der Waals surface area contributed by atoms with Crippen LogP contribution < -0.4 is 0 Å². The quantitative estimate of drug-likeness (QED) is 0.539. The van der Waals surface area contributed by atoms with E-state index in [1.165, 1.54) is 11.1 Å². The number of halogens is 2. The van der Waals surface area contributed by atoms with Gasteiger partial charge in [-0.3, -0.25) is 9.67 Å². The largest absolute Gasteiger partial charge is 0.270 e. The number of hydrogen-bond acceptors (Lipinski definition) is 3. The maximum absolute atomic E-state index is 6.32. The molecule has 0 aliphatic rings. The monoisotopic (exact) mass is 395 g/mol. The minimum atomic E-state index is 0.519. The molecule has 0 radical (unpaired) electrons. The lowest BCUT2D eigenvalue weighted by atomic mass is 10.1. The summed E-state index contributed by atoms with van der Waals surface area (Å²) in [7, 11) is 0. The SMILES string of the molecule is Cc1ccccc1CSCc1n[nH]c(=S)n1-c1ccc(Cl)cc1Cl. The van der Waals surface area contributed by atoms with Crippen molar-refractivity contribution in [3.8, 4) is 5.69 Å². The van der Waals surface area contributed by atoms with Gasteiger partial charge in [0.1, 0.15) is 5.82 Å². The molecule has 0 spiro atoms. The van der Waals surface area contributed by atoms with E-state index in [2.05, 4.69) is 41.4 Å². The van der Waals surface area contributed by atoms with Crippen molar-refractivity contribution in [2.24, 2.45) is 0 Å². The Morgan fingerprint density at radius 1 is 1.17 bits per heavy atom. The average molecular weight is 396 g/mol. The second-order valence-corrected chi connectivity index (χ2v) is 7.51. The Labute approximate surface area is 160 Å². The van der Waals surface area contributed by atoms with Crippen LogP contribution in [0.2, 0.25) is 10.0 Å². The number of aromatic amines is 1. The fourth-order valence-electron chi connectivity index (χ4n) is 2.36. The highest BCUT2D eigenvalue weighted by Gasteiger charge is 2.12. The van der Waals surface area contributed by atoms with Crippen LogP contribution in [0.3, 0.4) is 0 Å². The van der Waals surface area contributed by atoms with Crippen molar-refractivity contribution < 1.29 is 0 Å². The molecule has 0 atom stereocenters. The Kier molecular flexibility index (Phi) is 5.66. The summed E-state index contributed by atoms with van der Waals surface area (Å²) in [6.45, 7) is 2.12. The van der Waals surface area contributed by atoms with E-state index >= 15 is 0 Å². The maximum Gasteiger partial charge on any atom is 0.199 e. The van der Waals surface area contributed by atoms with E-state index in [0.29, 0.717) is 14.8 Å². The zero-order chi connectivity index (χ0) is 17.1. The highest BCUT2D eigenvalue weighted by molar-refractivity contribution is 7.97. The van der Waals surface area contributed by atoms with Crippen molar-refractivity contribution in [1.29, 1.82) is 0 Å². The summed E-state index contributed by atoms with van der Waals surface area (Å²) in [5, 5.41) is 8.33. The lowest BCUT2D eigenvalue weighted by Gasteiger charge is -2.09. The van der Waals surface area contributed by atoms with Gasteiger partial charge in [0.05, 0.1) is 16.5 Å². The van der Waals surface area contributed by atoms with E-state index in [-0.39, 0.29) is 0 Å². The van der Waals surface area contributed by atoms with Crippen molar-refractivity contribution in [1.82, 2.24) is 14.8 Å². The Balaban J connectivity index is 1.80. The number of aryl methyl sites for hydroxylation is 1. The molecule has 24 heavy (non-hydrogen) atoms. The Bertz CT molecular complexity index is 918. The van der Waals surface area contributed by atoms with Gasteiger partial charge in [-0.05, 0) is 48.5 Å². The van der Waals surface area contributed by atoms with E-state index < -0.39 is 0 Å². The zero-order valence-corrected chi connectivity index (χ0v) is 16.1. The molecule has 0 aliphatic heterocycles.